The summed E-state index contributed by atoms with van der Waals surface area (Å²) in [7, 11) is 2.62. The molecule has 2 unspecified atom stereocenters. The van der Waals surface area contributed by atoms with E-state index in [1.54, 1.807) is 109 Å². The molecule has 0 spiro atoms. The molecule has 0 aromatic heterocycles. The number of hydrogen-bond acceptors (Lipinski definition) is 0. The predicted molar refractivity (Wildman–Crippen MR) is 197 cm³/mol. The molecule has 224 valence electrons. The SMILES string of the molecule is CCCCCCCCCC[N+]1(C)CC2c3cc4c5c6c(cc7ccc8cc9c%10c%11c(cc(c%12c3c5c(c%12%11)c3c6c7c8c%103)C2C1)C9)C4. The van der Waals surface area contributed by atoms with Crippen LogP contribution >= 0.6 is 0 Å². The zero-order chi connectivity index (χ0) is 29.8. The van der Waals surface area contributed by atoms with Crippen LogP contribution in [0.2, 0.25) is 0 Å². The molecule has 1 heterocycles. The average molecular weight is 595 g/mol. The molecule has 9 aromatic carbocycles. The van der Waals surface area contributed by atoms with E-state index in [0.717, 1.165) is 12.8 Å². The molecule has 46 heavy (non-hydrogen) atoms. The number of quaternary nitrogens is 1. The van der Waals surface area contributed by atoms with Crippen molar-refractivity contribution < 1.29 is 4.48 Å². The third kappa shape index (κ3) is 2.49. The van der Waals surface area contributed by atoms with Crippen molar-refractivity contribution in [1.82, 2.24) is 0 Å². The van der Waals surface area contributed by atoms with E-state index in [1.807, 2.05) is 0 Å². The number of hydrogen-bond donors (Lipinski definition) is 0. The summed E-state index contributed by atoms with van der Waals surface area (Å²) in [6.45, 7) is 6.31. The van der Waals surface area contributed by atoms with Crippen molar-refractivity contribution in [3.63, 3.8) is 0 Å². The fourth-order valence-corrected chi connectivity index (χ4v) is 12.7. The van der Waals surface area contributed by atoms with Crippen LogP contribution in [0.5, 0.6) is 0 Å². The van der Waals surface area contributed by atoms with E-state index in [4.69, 9.17) is 0 Å². The molecule has 1 saturated heterocycles. The molecule has 1 heteroatoms. The number of unbranched alkanes of at least 4 members (excludes halogenated alkanes) is 7. The second-order valence-corrected chi connectivity index (χ2v) is 16.8. The molecule has 1 nitrogen and oxygen atoms in total. The van der Waals surface area contributed by atoms with Crippen LogP contribution in [0.1, 0.15) is 104 Å². The highest BCUT2D eigenvalue weighted by Gasteiger charge is 2.49. The summed E-state index contributed by atoms with van der Waals surface area (Å²) in [4.78, 5) is 0. The monoisotopic (exact) mass is 594 g/mol. The Balaban J connectivity index is 1.05. The lowest BCUT2D eigenvalue weighted by molar-refractivity contribution is -0.899. The van der Waals surface area contributed by atoms with E-state index < -0.39 is 0 Å². The number of likely N-dealkylation sites (tertiary alicyclic amines) is 1. The summed E-state index contributed by atoms with van der Waals surface area (Å²) < 4.78 is 1.26. The van der Waals surface area contributed by atoms with Gasteiger partial charge < -0.3 is 4.48 Å². The van der Waals surface area contributed by atoms with Gasteiger partial charge in [0.15, 0.2) is 0 Å². The van der Waals surface area contributed by atoms with Gasteiger partial charge in [-0.3, -0.25) is 0 Å². The van der Waals surface area contributed by atoms with Gasteiger partial charge in [0.05, 0.1) is 26.7 Å². The molecule has 9 aromatic rings. The Kier molecular flexibility index (Phi) is 4.11. The third-order valence-corrected chi connectivity index (χ3v) is 14.3. The van der Waals surface area contributed by atoms with Crippen LogP contribution in [-0.4, -0.2) is 31.2 Å². The Labute approximate surface area is 269 Å². The highest BCUT2D eigenvalue weighted by atomic mass is 15.3. The molecule has 13 rings (SSSR count). The van der Waals surface area contributed by atoms with Gasteiger partial charge in [0.2, 0.25) is 0 Å². The molecule has 0 amide bonds. The molecule has 2 atom stereocenters. The van der Waals surface area contributed by atoms with E-state index in [-0.39, 0.29) is 0 Å². The number of nitrogens with zero attached hydrogens (tertiary/aromatic N) is 1. The number of rotatable bonds is 9. The van der Waals surface area contributed by atoms with Crippen molar-refractivity contribution in [1.29, 1.82) is 0 Å². The molecule has 1 aliphatic heterocycles. The van der Waals surface area contributed by atoms with Crippen LogP contribution in [0.3, 0.4) is 0 Å². The van der Waals surface area contributed by atoms with Gasteiger partial charge in [0, 0.05) is 11.8 Å². The summed E-state index contributed by atoms with van der Waals surface area (Å²) in [6.07, 6.45) is 13.5. The first-order chi connectivity index (χ1) is 22.6. The van der Waals surface area contributed by atoms with Crippen molar-refractivity contribution in [2.75, 3.05) is 26.7 Å². The zero-order valence-electron chi connectivity index (χ0n) is 27.3. The molecule has 1 fully saturated rings. The molecule has 0 N–H and O–H groups in total. The Morgan fingerprint density at radius 1 is 0.478 bits per heavy atom. The predicted octanol–water partition coefficient (Wildman–Crippen LogP) is 11.7. The summed E-state index contributed by atoms with van der Waals surface area (Å²) in [5, 5.41) is 25.8. The van der Waals surface area contributed by atoms with Gasteiger partial charge in [0.25, 0.3) is 0 Å². The first-order valence-electron chi connectivity index (χ1n) is 18.7. The Morgan fingerprint density at radius 2 is 0.891 bits per heavy atom. The average Bonchev–Trinajstić information content (AvgIpc) is 3.85. The zero-order valence-corrected chi connectivity index (χ0v) is 27.3. The molecular weight excluding hydrogens is 555 g/mol. The lowest BCUT2D eigenvalue weighted by Crippen LogP contribution is -2.42. The normalized spacial score (nSPS) is 23.1. The first kappa shape index (κ1) is 24.5. The van der Waals surface area contributed by atoms with Gasteiger partial charge in [0.1, 0.15) is 0 Å². The van der Waals surface area contributed by atoms with E-state index in [1.165, 1.54) is 86.3 Å². The van der Waals surface area contributed by atoms with Gasteiger partial charge in [-0.15, -0.1) is 0 Å². The third-order valence-electron chi connectivity index (χ3n) is 14.3. The van der Waals surface area contributed by atoms with E-state index in [9.17, 15) is 0 Å². The Morgan fingerprint density at radius 3 is 1.39 bits per heavy atom. The molecule has 0 radical (unpaired) electrons. The molecule has 0 saturated carbocycles. The topological polar surface area (TPSA) is 0 Å². The van der Waals surface area contributed by atoms with E-state index in [2.05, 4.69) is 50.4 Å². The fraction of sp³-hybridized carbons (Fsp3) is 0.378. The van der Waals surface area contributed by atoms with Crippen molar-refractivity contribution >= 4 is 86.2 Å². The van der Waals surface area contributed by atoms with Crippen molar-refractivity contribution in [2.24, 2.45) is 0 Å². The maximum absolute atomic E-state index is 2.76. The summed E-state index contributed by atoms with van der Waals surface area (Å²) in [5.41, 5.74) is 9.91. The number of benzene rings is 7. The van der Waals surface area contributed by atoms with Crippen molar-refractivity contribution in [3.05, 3.63) is 69.8 Å². The van der Waals surface area contributed by atoms with Crippen LogP contribution in [0, 0.1) is 0 Å². The minimum atomic E-state index is 0.652. The summed E-state index contributed by atoms with van der Waals surface area (Å²) >= 11 is 0. The second kappa shape index (κ2) is 7.71. The van der Waals surface area contributed by atoms with Crippen LogP contribution in [-0.2, 0) is 12.8 Å². The van der Waals surface area contributed by atoms with E-state index in [0.29, 0.717) is 11.8 Å². The summed E-state index contributed by atoms with van der Waals surface area (Å²) in [5.74, 6) is 1.30. The number of fused-ring (bicyclic) bond motifs is 3. The Bertz CT molecular complexity index is 2590. The van der Waals surface area contributed by atoms with Crippen LogP contribution in [0.15, 0.2) is 36.4 Å². The van der Waals surface area contributed by atoms with Crippen LogP contribution in [0.4, 0.5) is 0 Å². The standard InChI is InChI=1S/C45H40N/c1-3-4-5-6-7-8-9-10-13-46(2)20-30-28-18-26-16-24-14-22-11-12-23-15-25-17-27-19-29(31(30)21-46)39-38(28)42-36(26)34(24)40-32(22)33(23)41-35(25)37(27)43(39)45(42)44(40)41/h11-12,14-15,18-19,30-31H,3-10,13,16-17,20-21H2,1-2H3/q+1. The smallest absolute Gasteiger partial charge is 0.0862 e. The maximum Gasteiger partial charge on any atom is 0.0862 e. The largest absolute Gasteiger partial charge is 0.325 e. The second-order valence-electron chi connectivity index (χ2n) is 16.8. The van der Waals surface area contributed by atoms with Crippen molar-refractivity contribution in [2.45, 2.75) is 83.0 Å². The lowest BCUT2D eigenvalue weighted by Gasteiger charge is -2.30. The van der Waals surface area contributed by atoms with Gasteiger partial charge in [-0.1, -0.05) is 81.8 Å². The van der Waals surface area contributed by atoms with Gasteiger partial charge in [-0.25, -0.2) is 0 Å². The lowest BCUT2D eigenvalue weighted by atomic mass is 9.75. The quantitative estimate of drug-likeness (QED) is 0.0886. The minimum Gasteiger partial charge on any atom is -0.325 e. The fourth-order valence-electron chi connectivity index (χ4n) is 12.7. The van der Waals surface area contributed by atoms with Gasteiger partial charge in [-0.05, 0) is 145 Å². The molecule has 0 bridgehead atoms. The van der Waals surface area contributed by atoms with Crippen molar-refractivity contribution in [3.8, 4) is 0 Å². The summed E-state index contributed by atoms with van der Waals surface area (Å²) in [6, 6.07) is 15.6. The maximum atomic E-state index is 2.76. The minimum absolute atomic E-state index is 0.652. The number of likely N-dealkylation sites (N-methyl/N-ethyl adjacent to an activating group) is 1. The van der Waals surface area contributed by atoms with Gasteiger partial charge in [-0.2, -0.15) is 0 Å². The Hall–Kier alpha value is -3.68. The van der Waals surface area contributed by atoms with Gasteiger partial charge >= 0.3 is 0 Å². The first-order valence-corrected chi connectivity index (χ1v) is 18.7. The molecule has 4 aliphatic rings. The van der Waals surface area contributed by atoms with Crippen LogP contribution < -0.4 is 0 Å². The molecule has 3 aliphatic carbocycles. The molecular formula is C45H40N+. The highest BCUT2D eigenvalue weighted by molar-refractivity contribution is 6.58. The van der Waals surface area contributed by atoms with Crippen LogP contribution in [0.25, 0.3) is 86.2 Å². The highest BCUT2D eigenvalue weighted by Crippen LogP contribution is 2.65. The van der Waals surface area contributed by atoms with E-state index >= 15 is 0 Å².